The van der Waals surface area contributed by atoms with Gasteiger partial charge in [0, 0.05) is 31.5 Å². The Hall–Kier alpha value is -3.46. The zero-order chi connectivity index (χ0) is 25.0. The van der Waals surface area contributed by atoms with Crippen LogP contribution in [0.1, 0.15) is 44.0 Å². The predicted molar refractivity (Wildman–Crippen MR) is 134 cm³/mol. The van der Waals surface area contributed by atoms with Gasteiger partial charge in [0.15, 0.2) is 5.69 Å². The molecule has 0 unspecified atom stereocenters. The molecule has 0 saturated heterocycles. The molecular formula is C24H30ClN5O4. The summed E-state index contributed by atoms with van der Waals surface area (Å²) in [6.07, 6.45) is 5.05. The molecular weight excluding hydrogens is 458 g/mol. The van der Waals surface area contributed by atoms with Gasteiger partial charge in [-0.25, -0.2) is 4.79 Å². The van der Waals surface area contributed by atoms with Crippen LogP contribution in [0.5, 0.6) is 5.75 Å². The van der Waals surface area contributed by atoms with E-state index in [1.807, 2.05) is 45.3 Å². The Morgan fingerprint density at radius 3 is 2.50 bits per heavy atom. The number of aromatic amines is 1. The molecule has 10 heteroatoms. The van der Waals surface area contributed by atoms with Gasteiger partial charge in [0.2, 0.25) is 0 Å². The Balaban J connectivity index is 2.17. The van der Waals surface area contributed by atoms with Gasteiger partial charge >= 0.3 is 5.69 Å². The van der Waals surface area contributed by atoms with Crippen LogP contribution in [-0.4, -0.2) is 33.7 Å². The third-order valence-electron chi connectivity index (χ3n) is 5.39. The zero-order valence-electron chi connectivity index (χ0n) is 19.8. The van der Waals surface area contributed by atoms with E-state index in [4.69, 9.17) is 22.1 Å². The van der Waals surface area contributed by atoms with Gasteiger partial charge in [0.1, 0.15) is 11.6 Å². The first kappa shape index (κ1) is 25.2. The number of rotatable bonds is 9. The van der Waals surface area contributed by atoms with Crippen molar-refractivity contribution >= 4 is 29.0 Å². The van der Waals surface area contributed by atoms with Gasteiger partial charge in [0.25, 0.3) is 11.5 Å². The third kappa shape index (κ3) is 5.04. The van der Waals surface area contributed by atoms with E-state index in [0.29, 0.717) is 29.4 Å². The highest BCUT2D eigenvalue weighted by atomic mass is 35.5. The summed E-state index contributed by atoms with van der Waals surface area (Å²) in [4.78, 5) is 42.7. The van der Waals surface area contributed by atoms with E-state index in [1.54, 1.807) is 10.6 Å². The highest BCUT2D eigenvalue weighted by Crippen LogP contribution is 2.32. The molecule has 0 spiro atoms. The molecule has 0 saturated carbocycles. The number of H-pyrrole nitrogens is 1. The van der Waals surface area contributed by atoms with Crippen LogP contribution in [0.3, 0.4) is 0 Å². The van der Waals surface area contributed by atoms with Crippen LogP contribution in [0.2, 0.25) is 5.02 Å². The van der Waals surface area contributed by atoms with E-state index in [0.717, 1.165) is 6.42 Å². The predicted octanol–water partition coefficient (Wildman–Crippen LogP) is 3.67. The molecule has 2 heterocycles. The molecule has 0 bridgehead atoms. The summed E-state index contributed by atoms with van der Waals surface area (Å²) in [6.45, 7) is 6.35. The number of nitrogens with one attached hydrogen (secondary N) is 1. The van der Waals surface area contributed by atoms with Crippen molar-refractivity contribution in [1.29, 1.82) is 0 Å². The number of nitrogens with zero attached hydrogens (tertiary/aromatic N) is 3. The summed E-state index contributed by atoms with van der Waals surface area (Å²) in [5.41, 5.74) is 5.72. The molecule has 2 aromatic heterocycles. The van der Waals surface area contributed by atoms with Crippen molar-refractivity contribution in [3.05, 3.63) is 68.1 Å². The molecule has 3 rings (SSSR count). The van der Waals surface area contributed by atoms with Crippen molar-refractivity contribution < 1.29 is 9.53 Å². The van der Waals surface area contributed by atoms with Gasteiger partial charge < -0.3 is 19.9 Å². The van der Waals surface area contributed by atoms with E-state index in [-0.39, 0.29) is 29.5 Å². The molecule has 0 aliphatic heterocycles. The Morgan fingerprint density at radius 1 is 1.24 bits per heavy atom. The van der Waals surface area contributed by atoms with Crippen LogP contribution in [0.4, 0.5) is 11.5 Å². The Bertz CT molecular complexity index is 1280. The number of carbonyl (C=O) groups is 1. The van der Waals surface area contributed by atoms with E-state index >= 15 is 0 Å². The maximum Gasteiger partial charge on any atom is 0.330 e. The summed E-state index contributed by atoms with van der Waals surface area (Å²) < 4.78 is 8.60. The van der Waals surface area contributed by atoms with Crippen molar-refractivity contribution in [2.24, 2.45) is 5.92 Å². The molecule has 0 atom stereocenters. The molecule has 34 heavy (non-hydrogen) atoms. The van der Waals surface area contributed by atoms with Crippen molar-refractivity contribution in [2.75, 3.05) is 24.3 Å². The number of anilines is 2. The largest absolute Gasteiger partial charge is 0.496 e. The Labute approximate surface area is 202 Å². The van der Waals surface area contributed by atoms with E-state index < -0.39 is 17.2 Å². The minimum atomic E-state index is -0.721. The fraction of sp³-hybridized carbons (Fsp3) is 0.375. The quantitative estimate of drug-likeness (QED) is 0.477. The minimum absolute atomic E-state index is 0.0547. The van der Waals surface area contributed by atoms with E-state index in [1.165, 1.54) is 22.6 Å². The molecule has 3 N–H and O–H groups in total. The average molecular weight is 488 g/mol. The van der Waals surface area contributed by atoms with Crippen molar-refractivity contribution in [2.45, 2.75) is 40.2 Å². The number of unbranched alkanes of at least 4 members (excludes halogenated alkanes) is 1. The molecule has 1 amide bonds. The first-order valence-corrected chi connectivity index (χ1v) is 11.5. The van der Waals surface area contributed by atoms with Crippen LogP contribution in [0.15, 0.2) is 46.2 Å². The lowest BCUT2D eigenvalue weighted by Gasteiger charge is -2.26. The van der Waals surface area contributed by atoms with Crippen LogP contribution < -0.4 is 26.6 Å². The summed E-state index contributed by atoms with van der Waals surface area (Å²) in [7, 11) is 1.46. The highest BCUT2D eigenvalue weighted by molar-refractivity contribution is 6.33. The summed E-state index contributed by atoms with van der Waals surface area (Å²) >= 11 is 6.53. The second-order valence-corrected chi connectivity index (χ2v) is 8.81. The molecule has 182 valence electrons. The molecule has 0 aliphatic carbocycles. The molecule has 9 nitrogen and oxygen atoms in total. The fourth-order valence-corrected chi connectivity index (χ4v) is 3.99. The molecule has 0 fully saturated rings. The molecule has 1 aromatic carbocycles. The summed E-state index contributed by atoms with van der Waals surface area (Å²) in [6, 6.07) is 6.90. The third-order valence-corrected chi connectivity index (χ3v) is 5.70. The van der Waals surface area contributed by atoms with Crippen LogP contribution in [0.25, 0.3) is 5.69 Å². The molecule has 0 aliphatic rings. The number of nitrogens with two attached hydrogens (primary N) is 1. The second kappa shape index (κ2) is 10.6. The van der Waals surface area contributed by atoms with Crippen LogP contribution in [-0.2, 0) is 6.54 Å². The highest BCUT2D eigenvalue weighted by Gasteiger charge is 2.28. The number of ether oxygens (including phenoxy) is 1. The number of nitrogen functional groups attached to an aromatic ring is 1. The number of methoxy groups -OCH3 is 1. The SMILES string of the molecule is CCCCN(C(=O)c1cc(Cl)c(-n2cccc2)cc1OC)c1c(N)n(CC(C)C)c(=O)[nH]c1=O. The Morgan fingerprint density at radius 2 is 1.91 bits per heavy atom. The lowest BCUT2D eigenvalue weighted by atomic mass is 10.1. The van der Waals surface area contributed by atoms with Gasteiger partial charge in [-0.3, -0.25) is 19.1 Å². The number of hydrogen-bond acceptors (Lipinski definition) is 5. The first-order chi connectivity index (χ1) is 16.2. The van der Waals surface area contributed by atoms with Gasteiger partial charge in [-0.2, -0.15) is 0 Å². The van der Waals surface area contributed by atoms with E-state index in [9.17, 15) is 14.4 Å². The van der Waals surface area contributed by atoms with Gasteiger partial charge in [-0.15, -0.1) is 0 Å². The monoisotopic (exact) mass is 487 g/mol. The lowest BCUT2D eigenvalue weighted by molar-refractivity contribution is 0.0983. The summed E-state index contributed by atoms with van der Waals surface area (Å²) in [5, 5.41) is 0.336. The average Bonchev–Trinajstić information content (AvgIpc) is 3.32. The molecule has 3 aromatic rings. The number of hydrogen-bond donors (Lipinski definition) is 2. The summed E-state index contributed by atoms with van der Waals surface area (Å²) in [5.74, 6) is -0.164. The van der Waals surface area contributed by atoms with Crippen molar-refractivity contribution in [3.8, 4) is 11.4 Å². The van der Waals surface area contributed by atoms with Crippen LogP contribution in [0, 0.1) is 5.92 Å². The first-order valence-electron chi connectivity index (χ1n) is 11.1. The van der Waals surface area contributed by atoms with Gasteiger partial charge in [0.05, 0.1) is 23.4 Å². The van der Waals surface area contributed by atoms with E-state index in [2.05, 4.69) is 4.98 Å². The number of amides is 1. The van der Waals surface area contributed by atoms with Gasteiger partial charge in [-0.1, -0.05) is 38.8 Å². The molecule has 0 radical (unpaired) electrons. The topological polar surface area (TPSA) is 115 Å². The standard InChI is InChI=1S/C24H30ClN5O4/c1-5-6-11-29(20-21(26)30(14-15(2)3)24(33)27-22(20)31)23(32)16-12-17(25)18(13-19(16)34-4)28-9-7-8-10-28/h7-10,12-13,15H,5-6,11,14,26H2,1-4H3,(H,27,31,33). The van der Waals surface area contributed by atoms with Crippen molar-refractivity contribution in [1.82, 2.24) is 14.1 Å². The fourth-order valence-electron chi connectivity index (χ4n) is 3.73. The Kier molecular flexibility index (Phi) is 7.88. The number of aromatic nitrogens is 3. The van der Waals surface area contributed by atoms with Crippen molar-refractivity contribution in [3.63, 3.8) is 0 Å². The zero-order valence-corrected chi connectivity index (χ0v) is 20.6. The second-order valence-electron chi connectivity index (χ2n) is 8.40. The van der Waals surface area contributed by atoms with Crippen LogP contribution >= 0.6 is 11.6 Å². The number of halogens is 1. The number of carbonyl (C=O) groups excluding carboxylic acids is 1. The maximum absolute atomic E-state index is 13.8. The lowest BCUT2D eigenvalue weighted by Crippen LogP contribution is -2.42. The van der Waals surface area contributed by atoms with Gasteiger partial charge in [-0.05, 0) is 30.5 Å². The maximum atomic E-state index is 13.8. The number of benzene rings is 1. The minimum Gasteiger partial charge on any atom is -0.496 e. The normalized spacial score (nSPS) is 11.1. The smallest absolute Gasteiger partial charge is 0.330 e.